The van der Waals surface area contributed by atoms with E-state index in [9.17, 15) is 16.9 Å². The first-order valence-corrected chi connectivity index (χ1v) is 28.1. The Balaban J connectivity index is 1.43. The molecular weight excluding hydrogens is 1040 g/mol. The van der Waals surface area contributed by atoms with Crippen molar-refractivity contribution in [3.8, 4) is 45.8 Å². The van der Waals surface area contributed by atoms with Gasteiger partial charge in [0, 0.05) is 39.4 Å². The predicted octanol–water partition coefficient (Wildman–Crippen LogP) is 10.7. The first-order chi connectivity index (χ1) is 41.1. The molecule has 12 aromatic rings. The molecule has 0 aliphatic heterocycles. The van der Waals surface area contributed by atoms with Crippen molar-refractivity contribution in [2.75, 3.05) is 20.3 Å². The minimum Gasteiger partial charge on any atom is -0.497 e. The average molecular weight is 1100 g/mol. The fraction of sp³-hybridized carbons (Fsp3) is 0.143. The first kappa shape index (κ1) is 54.3. The van der Waals surface area contributed by atoms with Crippen molar-refractivity contribution in [1.82, 2.24) is 18.9 Å². The van der Waals surface area contributed by atoms with Crippen molar-refractivity contribution in [3.63, 3.8) is 0 Å². The molecule has 4 aromatic heterocycles. The summed E-state index contributed by atoms with van der Waals surface area (Å²) in [7, 11) is 1.60. The number of ether oxygens (including phenoxy) is 3. The van der Waals surface area contributed by atoms with Crippen LogP contribution in [0.5, 0.6) is 17.2 Å². The lowest BCUT2D eigenvalue weighted by Crippen LogP contribution is -2.54. The summed E-state index contributed by atoms with van der Waals surface area (Å²) in [6, 6.07) is 70.5. The molecule has 84 heavy (non-hydrogen) atoms. The normalized spacial score (nSPS) is 12.2. The van der Waals surface area contributed by atoms with Gasteiger partial charge >= 0.3 is 13.7 Å². The zero-order chi connectivity index (χ0) is 57.8. The molecule has 0 amide bonds. The van der Waals surface area contributed by atoms with E-state index in [-0.39, 0.29) is 41.5 Å². The Morgan fingerprint density at radius 2 is 1.01 bits per heavy atom. The lowest BCUT2D eigenvalue weighted by molar-refractivity contribution is 0.271. The Labute approximate surface area is 487 Å². The zero-order valence-electron chi connectivity index (χ0n) is 47.2. The smallest absolute Gasteiger partial charge is 0.328 e. The molecule has 0 bridgehead atoms. The Kier molecular flexibility index (Phi) is 15.3. The maximum atomic E-state index is 12.4. The summed E-state index contributed by atoms with van der Waals surface area (Å²) in [6.07, 6.45) is 0. The fourth-order valence-electron chi connectivity index (χ4n) is 11.2. The standard InChI is InChI=1S/C70H58B2N6O6/c1-45(2)43-81-55-31-19-21-48(38-55)65-62-63(68(64(74-5)70-76-59-40-54(80-6)34-36-61(59)84-70)78(65)72(52-27-15-9-16-28-52)53-29-17-10-18-30-53)66(49-22-20-32-56(39-49)82-44-46(3)4)77(71(50-23-11-7-12-24-50)51-25-13-8-14-26-51)67(62)57(41-73)69-75-58-37-47(42-79)33-35-60(58)83-69/h7-40,45-46,79H,42-44H2,1-4,6H3/b67-57-,68-64+. The van der Waals surface area contributed by atoms with Gasteiger partial charge < -0.3 is 37.1 Å². The van der Waals surface area contributed by atoms with Crippen LogP contribution in [-0.4, -0.2) is 58.0 Å². The molecule has 0 saturated carbocycles. The molecule has 0 aliphatic rings. The monoisotopic (exact) mass is 1100 g/mol. The summed E-state index contributed by atoms with van der Waals surface area (Å²) in [5.41, 5.74) is 9.13. The summed E-state index contributed by atoms with van der Waals surface area (Å²) in [5, 5.41) is 24.9. The summed E-state index contributed by atoms with van der Waals surface area (Å²) < 4.78 is 37.0. The summed E-state index contributed by atoms with van der Waals surface area (Å²) in [5.74, 6) is 2.42. The van der Waals surface area contributed by atoms with Gasteiger partial charge in [0.25, 0.3) is 5.70 Å². The Bertz CT molecular complexity index is 4210. The van der Waals surface area contributed by atoms with Gasteiger partial charge in [-0.15, -0.1) is 0 Å². The predicted molar refractivity (Wildman–Crippen MR) is 335 cm³/mol. The van der Waals surface area contributed by atoms with Crippen LogP contribution in [0.3, 0.4) is 0 Å². The average Bonchev–Trinajstić information content (AvgIpc) is 1.69. The highest BCUT2D eigenvalue weighted by atomic mass is 16.5. The number of aliphatic hydroxyl groups is 1. The molecular formula is C70H58B2N6O6. The maximum Gasteiger partial charge on any atom is 0.328 e. The number of oxazole rings is 2. The van der Waals surface area contributed by atoms with Crippen LogP contribution >= 0.6 is 0 Å². The van der Waals surface area contributed by atoms with Gasteiger partial charge in [0.2, 0.25) is 11.8 Å². The van der Waals surface area contributed by atoms with E-state index in [4.69, 9.17) is 33.0 Å². The summed E-state index contributed by atoms with van der Waals surface area (Å²) >= 11 is 0. The number of rotatable bonds is 18. The van der Waals surface area contributed by atoms with E-state index in [1.807, 2.05) is 115 Å². The molecule has 0 aliphatic carbocycles. The van der Waals surface area contributed by atoms with Crippen LogP contribution in [0.1, 0.15) is 45.0 Å². The highest BCUT2D eigenvalue weighted by molar-refractivity contribution is 6.85. The number of hydrogen-bond acceptors (Lipinski definition) is 9. The van der Waals surface area contributed by atoms with Crippen molar-refractivity contribution in [1.29, 1.82) is 5.26 Å². The molecule has 12 nitrogen and oxygen atoms in total. The maximum absolute atomic E-state index is 12.4. The van der Waals surface area contributed by atoms with E-state index in [1.54, 1.807) is 37.4 Å². The third-order valence-electron chi connectivity index (χ3n) is 14.9. The second kappa shape index (κ2) is 23.7. The van der Waals surface area contributed by atoms with Crippen LogP contribution in [0.2, 0.25) is 0 Å². The Hall–Kier alpha value is -10.3. The number of aromatic nitrogens is 4. The third-order valence-corrected chi connectivity index (χ3v) is 14.9. The molecule has 14 heteroatoms. The van der Waals surface area contributed by atoms with Crippen LogP contribution in [0.15, 0.2) is 215 Å². The lowest BCUT2D eigenvalue weighted by atomic mass is 9.50. The van der Waals surface area contributed by atoms with Crippen LogP contribution in [0.4, 0.5) is 0 Å². The molecule has 0 spiro atoms. The molecule has 0 radical (unpaired) electrons. The van der Waals surface area contributed by atoms with Gasteiger partial charge in [-0.25, -0.2) is 14.8 Å². The van der Waals surface area contributed by atoms with Gasteiger partial charge in [-0.2, -0.15) is 5.26 Å². The van der Waals surface area contributed by atoms with Gasteiger partial charge in [-0.1, -0.05) is 201 Å². The van der Waals surface area contributed by atoms with Crippen molar-refractivity contribution in [3.05, 3.63) is 246 Å². The molecule has 0 saturated heterocycles. The molecule has 0 fully saturated rings. The Morgan fingerprint density at radius 1 is 0.560 bits per heavy atom. The van der Waals surface area contributed by atoms with Crippen molar-refractivity contribution < 1.29 is 28.2 Å². The van der Waals surface area contributed by atoms with Crippen molar-refractivity contribution in [2.24, 2.45) is 11.8 Å². The van der Waals surface area contributed by atoms with Crippen LogP contribution < -0.4 is 46.8 Å². The zero-order valence-corrected chi connectivity index (χ0v) is 47.2. The highest BCUT2D eigenvalue weighted by Gasteiger charge is 2.38. The first-order valence-electron chi connectivity index (χ1n) is 28.1. The van der Waals surface area contributed by atoms with Gasteiger partial charge in [-0.3, -0.25) is 0 Å². The number of fused-ring (bicyclic) bond motifs is 3. The van der Waals surface area contributed by atoms with E-state index < -0.39 is 13.7 Å². The quantitative estimate of drug-likeness (QED) is 0.0657. The van der Waals surface area contributed by atoms with E-state index >= 15 is 0 Å². The number of aliphatic hydroxyl groups excluding tert-OH is 1. The molecule has 1 N–H and O–H groups in total. The topological polar surface area (TPSA) is 138 Å². The SMILES string of the molecule is [C-]#[N+]/C(c1nc2cc(OC)ccc2o1)=c1\c2c(-c3cccc(OCC(C)C)c3)n(B(c3ccccc3)c3ccccc3)/c(=C(/C#N)c3nc4cc(CO)ccc4o3)c2c(-c2cccc(OCC(C)C)c2)n1B(c1ccccc1)c1ccccc1. The summed E-state index contributed by atoms with van der Waals surface area (Å²) in [4.78, 5) is 14.8. The lowest BCUT2D eigenvalue weighted by Gasteiger charge is -2.24. The number of hydrogen-bond donors (Lipinski definition) is 1. The largest absolute Gasteiger partial charge is 0.497 e. The van der Waals surface area contributed by atoms with Crippen molar-refractivity contribution >= 4 is 79.8 Å². The van der Waals surface area contributed by atoms with Gasteiger partial charge in [0.05, 0.1) is 44.2 Å². The van der Waals surface area contributed by atoms with Crippen LogP contribution in [0, 0.1) is 29.7 Å². The third kappa shape index (κ3) is 10.4. The van der Waals surface area contributed by atoms with Crippen molar-refractivity contribution in [2.45, 2.75) is 34.3 Å². The second-order valence-electron chi connectivity index (χ2n) is 21.6. The summed E-state index contributed by atoms with van der Waals surface area (Å²) in [6.45, 7) is 17.5. The number of methoxy groups -OCH3 is 1. The molecule has 0 unspecified atom stereocenters. The van der Waals surface area contributed by atoms with E-state index in [0.717, 1.165) is 33.0 Å². The van der Waals surface area contributed by atoms with Crippen LogP contribution in [0.25, 0.3) is 71.6 Å². The number of nitriles is 1. The Morgan fingerprint density at radius 3 is 1.48 bits per heavy atom. The molecule has 12 rings (SSSR count). The number of nitrogens with zero attached hydrogens (tertiary/aromatic N) is 6. The van der Waals surface area contributed by atoms with Gasteiger partial charge in [-0.05, 0) is 65.9 Å². The van der Waals surface area contributed by atoms with Crippen LogP contribution in [-0.2, 0) is 6.61 Å². The second-order valence-corrected chi connectivity index (χ2v) is 21.6. The fourth-order valence-corrected chi connectivity index (χ4v) is 11.2. The van der Waals surface area contributed by atoms with Gasteiger partial charge in [0.15, 0.2) is 11.2 Å². The van der Waals surface area contributed by atoms with Gasteiger partial charge in [0.1, 0.15) is 39.9 Å². The number of benzene rings is 8. The van der Waals surface area contributed by atoms with E-state index in [1.165, 1.54) is 0 Å². The van der Waals surface area contributed by atoms with E-state index in [0.29, 0.717) is 91.1 Å². The minimum absolute atomic E-state index is 0.0582. The molecule has 410 valence electrons. The molecule has 4 heterocycles. The molecule has 8 aromatic carbocycles. The molecule has 0 atom stereocenters. The minimum atomic E-state index is -0.652. The highest BCUT2D eigenvalue weighted by Crippen LogP contribution is 2.39. The van der Waals surface area contributed by atoms with E-state index in [2.05, 4.69) is 108 Å².